The second-order valence-electron chi connectivity index (χ2n) is 7.79. The summed E-state index contributed by atoms with van der Waals surface area (Å²) in [5, 5.41) is 35.1. The minimum absolute atomic E-state index is 0.113. The first-order valence-corrected chi connectivity index (χ1v) is 12.3. The maximum atomic E-state index is 12.9. The molecule has 0 aromatic carbocycles. The van der Waals surface area contributed by atoms with Crippen LogP contribution < -0.4 is 27.4 Å². The Bertz CT molecular complexity index is 694. The van der Waals surface area contributed by atoms with Gasteiger partial charge < -0.3 is 42.7 Å². The number of carboxylic acid groups (broad SMARTS) is 2. The molecule has 5 unspecified atom stereocenters. The molecule has 0 aliphatic rings. The lowest BCUT2D eigenvalue weighted by Crippen LogP contribution is -2.58. The van der Waals surface area contributed by atoms with Crippen molar-refractivity contribution in [3.8, 4) is 0 Å². The number of hydrogen-bond acceptors (Lipinski definition) is 9. The molecule has 0 rings (SSSR count). The van der Waals surface area contributed by atoms with Crippen molar-refractivity contribution in [2.45, 2.75) is 75.7 Å². The Morgan fingerprint density at radius 1 is 0.853 bits per heavy atom. The van der Waals surface area contributed by atoms with Crippen LogP contribution in [0.1, 0.15) is 45.4 Å². The Hall–Kier alpha value is -2.42. The van der Waals surface area contributed by atoms with Crippen molar-refractivity contribution in [1.29, 1.82) is 0 Å². The highest BCUT2D eigenvalue weighted by molar-refractivity contribution is 7.98. The van der Waals surface area contributed by atoms with Crippen LogP contribution in [0.25, 0.3) is 0 Å². The molecule has 0 aromatic rings. The summed E-state index contributed by atoms with van der Waals surface area (Å²) in [5.74, 6) is -4.40. The van der Waals surface area contributed by atoms with E-state index in [2.05, 4.69) is 16.0 Å². The maximum absolute atomic E-state index is 12.9. The van der Waals surface area contributed by atoms with Crippen LogP contribution in [-0.2, 0) is 24.0 Å². The van der Waals surface area contributed by atoms with Crippen molar-refractivity contribution in [2.24, 2.45) is 11.5 Å². The topological polar surface area (TPSA) is 234 Å². The first-order chi connectivity index (χ1) is 15.9. The summed E-state index contributed by atoms with van der Waals surface area (Å²) >= 11 is 1.41. The van der Waals surface area contributed by atoms with Crippen molar-refractivity contribution >= 4 is 41.4 Å². The predicted molar refractivity (Wildman–Crippen MR) is 126 cm³/mol. The number of hydrogen-bond donors (Lipinski definition) is 8. The smallest absolute Gasteiger partial charge is 0.326 e. The molecule has 0 saturated carbocycles. The molecular formula is C20H37N5O8S. The average molecular weight is 508 g/mol. The number of amides is 3. The van der Waals surface area contributed by atoms with Crippen LogP contribution in [0.4, 0.5) is 0 Å². The predicted octanol–water partition coefficient (Wildman–Crippen LogP) is -2.02. The largest absolute Gasteiger partial charge is 0.481 e. The molecule has 196 valence electrons. The van der Waals surface area contributed by atoms with Crippen LogP contribution in [-0.4, -0.2) is 93.8 Å². The molecule has 0 saturated heterocycles. The molecule has 34 heavy (non-hydrogen) atoms. The summed E-state index contributed by atoms with van der Waals surface area (Å²) in [4.78, 5) is 60.4. The highest BCUT2D eigenvalue weighted by atomic mass is 32.2. The quantitative estimate of drug-likeness (QED) is 0.0943. The summed E-state index contributed by atoms with van der Waals surface area (Å²) in [6.07, 6.45) is 1.17. The third kappa shape index (κ3) is 12.7. The van der Waals surface area contributed by atoms with Crippen molar-refractivity contribution in [3.63, 3.8) is 0 Å². The molecule has 0 aromatic heterocycles. The lowest BCUT2D eigenvalue weighted by molar-refractivity contribution is -0.143. The zero-order valence-electron chi connectivity index (χ0n) is 19.5. The Labute approximate surface area is 202 Å². The molecule has 0 radical (unpaired) electrons. The van der Waals surface area contributed by atoms with Gasteiger partial charge in [-0.3, -0.25) is 19.2 Å². The Kier molecular flexibility index (Phi) is 15.9. The second kappa shape index (κ2) is 17.1. The van der Waals surface area contributed by atoms with Gasteiger partial charge in [-0.05, 0) is 57.6 Å². The van der Waals surface area contributed by atoms with E-state index in [1.54, 1.807) is 6.26 Å². The van der Waals surface area contributed by atoms with Crippen LogP contribution in [0.3, 0.4) is 0 Å². The molecule has 14 heteroatoms. The zero-order chi connectivity index (χ0) is 26.3. The molecule has 5 atom stereocenters. The first kappa shape index (κ1) is 31.6. The van der Waals surface area contributed by atoms with E-state index in [1.807, 2.05) is 0 Å². The summed E-state index contributed by atoms with van der Waals surface area (Å²) in [7, 11) is 0. The van der Waals surface area contributed by atoms with Gasteiger partial charge >= 0.3 is 11.9 Å². The number of unbranched alkanes of at least 4 members (excludes halogenated alkanes) is 1. The number of aliphatic hydroxyl groups excluding tert-OH is 1. The van der Waals surface area contributed by atoms with Gasteiger partial charge in [0.1, 0.15) is 24.2 Å². The van der Waals surface area contributed by atoms with Gasteiger partial charge in [-0.2, -0.15) is 11.8 Å². The zero-order valence-corrected chi connectivity index (χ0v) is 20.3. The number of thioether (sulfide) groups is 1. The molecule has 0 heterocycles. The van der Waals surface area contributed by atoms with E-state index in [9.17, 15) is 34.2 Å². The van der Waals surface area contributed by atoms with Crippen molar-refractivity contribution in [3.05, 3.63) is 0 Å². The number of aliphatic hydroxyl groups is 1. The van der Waals surface area contributed by atoms with Gasteiger partial charge in [0.2, 0.25) is 17.7 Å². The maximum Gasteiger partial charge on any atom is 0.326 e. The first-order valence-electron chi connectivity index (χ1n) is 10.9. The van der Waals surface area contributed by atoms with Gasteiger partial charge in [0.05, 0.1) is 6.10 Å². The van der Waals surface area contributed by atoms with E-state index in [1.165, 1.54) is 18.7 Å². The number of rotatable bonds is 18. The highest BCUT2D eigenvalue weighted by Gasteiger charge is 2.31. The van der Waals surface area contributed by atoms with E-state index < -0.39 is 66.4 Å². The third-order valence-corrected chi connectivity index (χ3v) is 5.55. The number of carbonyl (C=O) groups is 5. The minimum Gasteiger partial charge on any atom is -0.481 e. The van der Waals surface area contributed by atoms with Crippen LogP contribution >= 0.6 is 11.8 Å². The van der Waals surface area contributed by atoms with E-state index in [0.717, 1.165) is 0 Å². The van der Waals surface area contributed by atoms with E-state index in [-0.39, 0.29) is 19.3 Å². The SMILES string of the molecule is CSCCC(NC(=O)C(N)C(C)O)C(=O)NC(CCC(=O)O)C(=O)NC(CCCCN)C(=O)O. The normalized spacial score (nSPS) is 15.3. The summed E-state index contributed by atoms with van der Waals surface area (Å²) < 4.78 is 0. The number of nitrogens with one attached hydrogen (secondary N) is 3. The van der Waals surface area contributed by atoms with Crippen molar-refractivity contribution in [2.75, 3.05) is 18.6 Å². The number of carboxylic acids is 2. The van der Waals surface area contributed by atoms with Crippen LogP contribution in [0.5, 0.6) is 0 Å². The van der Waals surface area contributed by atoms with Crippen LogP contribution in [0, 0.1) is 0 Å². The number of nitrogens with two attached hydrogens (primary N) is 2. The van der Waals surface area contributed by atoms with Crippen LogP contribution in [0.15, 0.2) is 0 Å². The molecular weight excluding hydrogens is 470 g/mol. The highest BCUT2D eigenvalue weighted by Crippen LogP contribution is 2.07. The Morgan fingerprint density at radius 3 is 1.85 bits per heavy atom. The lowest BCUT2D eigenvalue weighted by Gasteiger charge is -2.25. The molecule has 0 bridgehead atoms. The fourth-order valence-corrected chi connectivity index (χ4v) is 3.29. The fourth-order valence-electron chi connectivity index (χ4n) is 2.82. The molecule has 0 spiro atoms. The summed E-state index contributed by atoms with van der Waals surface area (Å²) in [5.41, 5.74) is 11.0. The van der Waals surface area contributed by atoms with Gasteiger partial charge in [-0.25, -0.2) is 4.79 Å². The molecule has 0 aliphatic heterocycles. The van der Waals surface area contributed by atoms with E-state index in [0.29, 0.717) is 25.1 Å². The Balaban J connectivity index is 5.49. The Morgan fingerprint density at radius 2 is 1.38 bits per heavy atom. The van der Waals surface area contributed by atoms with E-state index in [4.69, 9.17) is 16.6 Å². The van der Waals surface area contributed by atoms with Gasteiger partial charge in [-0.1, -0.05) is 0 Å². The van der Waals surface area contributed by atoms with Gasteiger partial charge in [0.15, 0.2) is 0 Å². The summed E-state index contributed by atoms with van der Waals surface area (Å²) in [6, 6.07) is -4.97. The molecule has 0 fully saturated rings. The third-order valence-electron chi connectivity index (χ3n) is 4.91. The van der Waals surface area contributed by atoms with E-state index >= 15 is 0 Å². The van der Waals surface area contributed by atoms with Gasteiger partial charge in [-0.15, -0.1) is 0 Å². The van der Waals surface area contributed by atoms with Crippen molar-refractivity contribution < 1.29 is 39.3 Å². The number of aliphatic carboxylic acids is 2. The van der Waals surface area contributed by atoms with Gasteiger partial charge in [0, 0.05) is 6.42 Å². The lowest BCUT2D eigenvalue weighted by atomic mass is 10.1. The molecule has 13 nitrogen and oxygen atoms in total. The van der Waals surface area contributed by atoms with Crippen LogP contribution in [0.2, 0.25) is 0 Å². The standard InChI is InChI=1S/C20H37N5O8S/c1-11(26)16(22)19(31)24-13(8-10-34-2)18(30)23-12(6-7-15(27)28)17(29)25-14(20(32)33)5-3-4-9-21/h11-14,16,26H,3-10,21-22H2,1-2H3,(H,23,30)(H,24,31)(H,25,29)(H,27,28)(H,32,33). The summed E-state index contributed by atoms with van der Waals surface area (Å²) in [6.45, 7) is 1.68. The molecule has 10 N–H and O–H groups in total. The van der Waals surface area contributed by atoms with Crippen molar-refractivity contribution in [1.82, 2.24) is 16.0 Å². The second-order valence-corrected chi connectivity index (χ2v) is 8.77. The number of carbonyl (C=O) groups excluding carboxylic acids is 3. The fraction of sp³-hybridized carbons (Fsp3) is 0.750. The average Bonchev–Trinajstić information content (AvgIpc) is 2.77. The van der Waals surface area contributed by atoms with Gasteiger partial charge in [0.25, 0.3) is 0 Å². The molecule has 3 amide bonds. The molecule has 0 aliphatic carbocycles. The minimum atomic E-state index is -1.35. The monoisotopic (exact) mass is 507 g/mol.